The molecule has 2 aromatic rings. The van der Waals surface area contributed by atoms with Crippen molar-refractivity contribution in [2.45, 2.75) is 26.3 Å². The Morgan fingerprint density at radius 1 is 1.27 bits per heavy atom. The average Bonchev–Trinajstić information content (AvgIpc) is 2.95. The molecule has 0 aliphatic carbocycles. The molecule has 1 saturated heterocycles. The fourth-order valence-electron chi connectivity index (χ4n) is 4.24. The molecule has 0 atom stereocenters. The fourth-order valence-corrected chi connectivity index (χ4v) is 6.82. The molecule has 1 aliphatic rings. The van der Waals surface area contributed by atoms with Gasteiger partial charge in [-0.2, -0.15) is 5.26 Å². The molecule has 2 N–H and O–H groups in total. The molecule has 1 fully saturated rings. The number of hydrogen-bond donors (Lipinski definition) is 3. The number of halogens is 1. The van der Waals surface area contributed by atoms with Crippen LogP contribution in [0.1, 0.15) is 44.6 Å². The van der Waals surface area contributed by atoms with Crippen LogP contribution in [0.4, 0.5) is 10.1 Å². The van der Waals surface area contributed by atoms with E-state index in [2.05, 4.69) is 10.6 Å². The molecule has 11 heteroatoms. The summed E-state index contributed by atoms with van der Waals surface area (Å²) in [5.41, 5.74) is 0.327. The highest BCUT2D eigenvalue weighted by molar-refractivity contribution is 8.16. The number of thiol groups is 1. The molecule has 2 amide bonds. The van der Waals surface area contributed by atoms with Gasteiger partial charge in [0.2, 0.25) is 0 Å². The lowest BCUT2D eigenvalue weighted by Gasteiger charge is -2.45. The van der Waals surface area contributed by atoms with Crippen molar-refractivity contribution in [2.24, 2.45) is 7.05 Å². The van der Waals surface area contributed by atoms with E-state index in [1.54, 1.807) is 19.9 Å². The van der Waals surface area contributed by atoms with Crippen LogP contribution in [0.15, 0.2) is 18.2 Å². The largest absolute Gasteiger partial charge is 0.344 e. The van der Waals surface area contributed by atoms with E-state index < -0.39 is 38.9 Å². The van der Waals surface area contributed by atoms with Gasteiger partial charge in [-0.25, -0.2) is 4.39 Å². The van der Waals surface area contributed by atoms with E-state index in [1.165, 1.54) is 30.7 Å². The first-order valence-corrected chi connectivity index (χ1v) is 12.1. The summed E-state index contributed by atoms with van der Waals surface area (Å²) in [7, 11) is -1.40. The van der Waals surface area contributed by atoms with Gasteiger partial charge in [-0.05, 0) is 54.5 Å². The quantitative estimate of drug-likeness (QED) is 0.249. The number of Topliss-reactive ketones (excluding diaryl/α,β-unsaturated/α-hetero) is 1. The molecule has 1 aromatic heterocycles. The second-order valence-electron chi connectivity index (χ2n) is 8.47. The summed E-state index contributed by atoms with van der Waals surface area (Å²) >= 11 is 0. The van der Waals surface area contributed by atoms with Crippen LogP contribution in [-0.2, 0) is 26.6 Å². The van der Waals surface area contributed by atoms with Crippen molar-refractivity contribution in [3.8, 4) is 6.07 Å². The maximum atomic E-state index is 13.5. The normalized spacial score (nSPS) is 19.5. The number of nitrogens with zero attached hydrogens (tertiary/aromatic N) is 2. The number of carbonyl (C=O) groups is 4. The average molecular weight is 475 g/mol. The summed E-state index contributed by atoms with van der Waals surface area (Å²) in [5, 5.41) is 14.1. The third-order valence-electron chi connectivity index (χ3n) is 5.76. The summed E-state index contributed by atoms with van der Waals surface area (Å²) in [6.45, 7) is 4.74. The zero-order valence-electron chi connectivity index (χ0n) is 18.5. The van der Waals surface area contributed by atoms with Crippen molar-refractivity contribution in [2.75, 3.05) is 16.8 Å². The molecular weight excluding hydrogens is 451 g/mol. The monoisotopic (exact) mass is 474 g/mol. The maximum absolute atomic E-state index is 13.5. The van der Waals surface area contributed by atoms with Crippen LogP contribution in [0.25, 0.3) is 0 Å². The summed E-state index contributed by atoms with van der Waals surface area (Å²) in [6.07, 6.45) is 0. The van der Waals surface area contributed by atoms with E-state index in [0.29, 0.717) is 11.3 Å². The first-order chi connectivity index (χ1) is 15.3. The highest BCUT2D eigenvalue weighted by atomic mass is 32.2. The molecule has 33 heavy (non-hydrogen) atoms. The predicted molar refractivity (Wildman–Crippen MR) is 121 cm³/mol. The second-order valence-corrected chi connectivity index (χ2v) is 11.2. The summed E-state index contributed by atoms with van der Waals surface area (Å²) < 4.78 is 27.0. The van der Waals surface area contributed by atoms with Gasteiger partial charge in [-0.3, -0.25) is 23.4 Å². The molecule has 0 radical (unpaired) electrons. The number of nitrogens with one attached hydrogen (secondary N) is 2. The predicted octanol–water partition coefficient (Wildman–Crippen LogP) is 1.18. The standard InChI is InChI=1S/C22H23FN4O5S/c1-12-17(20(30)25-15-5-6-16(23)14(7-15)8-24)13(2)27(4)18(12)19(29)21(31)26-22(3)9-33(32,10-22)11-28/h5-7,11,33H,9-10H2,1-4H3,(H,25,30)(H,26,31). The Kier molecular flexibility index (Phi) is 6.08. The molecule has 0 bridgehead atoms. The van der Waals surface area contributed by atoms with Crippen molar-refractivity contribution in [3.63, 3.8) is 0 Å². The second kappa shape index (κ2) is 8.37. The lowest BCUT2D eigenvalue weighted by atomic mass is 10.0. The fraction of sp³-hybridized carbons (Fsp3) is 0.318. The molecule has 1 aliphatic heterocycles. The van der Waals surface area contributed by atoms with E-state index in [4.69, 9.17) is 5.26 Å². The van der Waals surface area contributed by atoms with Crippen LogP contribution in [-0.4, -0.2) is 49.0 Å². The molecule has 0 unspecified atom stereocenters. The topological polar surface area (TPSA) is 138 Å². The molecule has 2 heterocycles. The van der Waals surface area contributed by atoms with Crippen LogP contribution in [0.3, 0.4) is 0 Å². The number of rotatable bonds is 6. The van der Waals surface area contributed by atoms with Crippen LogP contribution in [0, 0.1) is 31.0 Å². The lowest BCUT2D eigenvalue weighted by Crippen LogP contribution is -2.67. The zero-order valence-corrected chi connectivity index (χ0v) is 19.4. The Morgan fingerprint density at radius 2 is 1.91 bits per heavy atom. The third kappa shape index (κ3) is 4.34. The maximum Gasteiger partial charge on any atom is 0.294 e. The van der Waals surface area contributed by atoms with Crippen molar-refractivity contribution in [1.82, 2.24) is 9.88 Å². The first-order valence-electron chi connectivity index (χ1n) is 9.92. The van der Waals surface area contributed by atoms with Crippen molar-refractivity contribution in [1.29, 1.82) is 5.26 Å². The van der Waals surface area contributed by atoms with Gasteiger partial charge in [0.05, 0.1) is 22.4 Å². The Labute approximate surface area is 190 Å². The van der Waals surface area contributed by atoms with Gasteiger partial charge in [-0.15, -0.1) is 0 Å². The van der Waals surface area contributed by atoms with Crippen LogP contribution >= 0.6 is 0 Å². The number of anilines is 1. The minimum atomic E-state index is -2.94. The van der Waals surface area contributed by atoms with Gasteiger partial charge in [0.25, 0.3) is 17.6 Å². The van der Waals surface area contributed by atoms with Gasteiger partial charge in [-0.1, -0.05) is 0 Å². The molecule has 9 nitrogen and oxygen atoms in total. The molecule has 0 saturated carbocycles. The number of amides is 2. The van der Waals surface area contributed by atoms with Crippen LogP contribution in [0.5, 0.6) is 0 Å². The van der Waals surface area contributed by atoms with E-state index in [-0.39, 0.29) is 39.6 Å². The molecule has 174 valence electrons. The highest BCUT2D eigenvalue weighted by Crippen LogP contribution is 2.29. The Balaban J connectivity index is 1.84. The molecule has 1 aromatic carbocycles. The number of ketones is 1. The Bertz CT molecular complexity index is 1300. The number of nitriles is 1. The zero-order chi connectivity index (χ0) is 24.7. The SMILES string of the molecule is Cc1c(C(=O)Nc2ccc(F)c(C#N)c2)c(C)n(C)c1C(=O)C(=O)NC1(C)C[SH](=O)(C=O)C1. The smallest absolute Gasteiger partial charge is 0.294 e. The molecular formula is C22H23FN4O5S. The summed E-state index contributed by atoms with van der Waals surface area (Å²) in [5.74, 6) is -3.13. The molecule has 3 rings (SSSR count). The number of carbonyl (C=O) groups excluding carboxylic acids is 4. The number of hydrogen-bond acceptors (Lipinski definition) is 6. The van der Waals surface area contributed by atoms with Crippen LogP contribution < -0.4 is 10.6 Å². The lowest BCUT2D eigenvalue weighted by molar-refractivity contribution is -0.118. The van der Waals surface area contributed by atoms with E-state index in [0.717, 1.165) is 6.07 Å². The van der Waals surface area contributed by atoms with Crippen molar-refractivity contribution >= 4 is 38.8 Å². The number of aromatic nitrogens is 1. The van der Waals surface area contributed by atoms with Gasteiger partial charge >= 0.3 is 0 Å². The Hall–Kier alpha value is -3.65. The van der Waals surface area contributed by atoms with E-state index >= 15 is 0 Å². The summed E-state index contributed by atoms with van der Waals surface area (Å²) in [4.78, 5) is 49.3. The van der Waals surface area contributed by atoms with Crippen molar-refractivity contribution < 1.29 is 27.8 Å². The van der Waals surface area contributed by atoms with Gasteiger partial charge in [0.15, 0.2) is 5.62 Å². The van der Waals surface area contributed by atoms with Crippen LogP contribution in [0.2, 0.25) is 0 Å². The number of benzene rings is 1. The minimum absolute atomic E-state index is 0.00784. The third-order valence-corrected chi connectivity index (χ3v) is 8.61. The minimum Gasteiger partial charge on any atom is -0.344 e. The summed E-state index contributed by atoms with van der Waals surface area (Å²) in [6, 6.07) is 5.25. The van der Waals surface area contributed by atoms with Gasteiger partial charge in [0, 0.05) is 29.9 Å². The highest BCUT2D eigenvalue weighted by Gasteiger charge is 2.46. The van der Waals surface area contributed by atoms with E-state index in [9.17, 15) is 27.8 Å². The van der Waals surface area contributed by atoms with Crippen molar-refractivity contribution in [3.05, 3.63) is 52.1 Å². The molecule has 0 spiro atoms. The Morgan fingerprint density at radius 3 is 2.48 bits per heavy atom. The first kappa shape index (κ1) is 24.0. The van der Waals surface area contributed by atoms with E-state index in [1.807, 2.05) is 0 Å². The van der Waals surface area contributed by atoms with Gasteiger partial charge in [0.1, 0.15) is 11.9 Å². The van der Waals surface area contributed by atoms with Gasteiger partial charge < -0.3 is 15.2 Å².